The van der Waals surface area contributed by atoms with Crippen LogP contribution < -0.4 is 14.2 Å². The first kappa shape index (κ1) is 23.3. The molecule has 5 rings (SSSR count). The summed E-state index contributed by atoms with van der Waals surface area (Å²) in [6, 6.07) is 17.9. The lowest BCUT2D eigenvalue weighted by atomic mass is 9.98. The van der Waals surface area contributed by atoms with Crippen LogP contribution in [0, 0.1) is 0 Å². The minimum Gasteiger partial charge on any atom is -0.493 e. The average Bonchev–Trinajstić information content (AvgIpc) is 2.92. The fourth-order valence-electron chi connectivity index (χ4n) is 3.96. The van der Waals surface area contributed by atoms with Crippen molar-refractivity contribution in [3.63, 3.8) is 0 Å². The van der Waals surface area contributed by atoms with Crippen molar-refractivity contribution in [3.05, 3.63) is 91.6 Å². The van der Waals surface area contributed by atoms with Crippen LogP contribution in [0.4, 0.5) is 5.69 Å². The second kappa shape index (κ2) is 9.63. The Morgan fingerprint density at radius 3 is 2.31 bits per heavy atom. The predicted molar refractivity (Wildman–Crippen MR) is 139 cm³/mol. The van der Waals surface area contributed by atoms with Crippen molar-refractivity contribution in [2.75, 3.05) is 18.9 Å². The van der Waals surface area contributed by atoms with Crippen molar-refractivity contribution in [2.45, 2.75) is 4.90 Å². The second-order valence-electron chi connectivity index (χ2n) is 7.91. The Morgan fingerprint density at radius 1 is 0.722 bits per heavy atom. The molecule has 0 saturated carbocycles. The summed E-state index contributed by atoms with van der Waals surface area (Å²) in [4.78, 5) is 12.9. The number of anilines is 1. The van der Waals surface area contributed by atoms with Crippen LogP contribution in [0.15, 0.2) is 96.5 Å². The number of nitrogens with one attached hydrogen (secondary N) is 1. The van der Waals surface area contributed by atoms with Crippen molar-refractivity contribution >= 4 is 26.6 Å². The van der Waals surface area contributed by atoms with Crippen LogP contribution in [0.1, 0.15) is 0 Å². The van der Waals surface area contributed by atoms with Crippen LogP contribution in [0.3, 0.4) is 0 Å². The minimum atomic E-state index is -3.89. The Labute approximate surface area is 208 Å². The van der Waals surface area contributed by atoms with Gasteiger partial charge in [0, 0.05) is 41.8 Å². The van der Waals surface area contributed by atoms with E-state index in [2.05, 4.69) is 19.7 Å². The molecule has 0 atom stereocenters. The number of hydrogen-bond donors (Lipinski definition) is 1. The van der Waals surface area contributed by atoms with Gasteiger partial charge in [-0.2, -0.15) is 0 Å². The summed E-state index contributed by atoms with van der Waals surface area (Å²) < 4.78 is 39.1. The lowest BCUT2D eigenvalue weighted by Gasteiger charge is -2.12. The SMILES string of the molecule is COc1ccc(S(=O)(=O)Nc2cncc(-c3ccc4nccc(-c5ccncc5)c4c3)c2)cc1OC. The number of pyridine rings is 3. The van der Waals surface area contributed by atoms with Crippen molar-refractivity contribution in [2.24, 2.45) is 0 Å². The number of rotatable bonds is 7. The van der Waals surface area contributed by atoms with E-state index in [9.17, 15) is 8.42 Å². The van der Waals surface area contributed by atoms with Crippen molar-refractivity contribution in [1.82, 2.24) is 15.0 Å². The summed E-state index contributed by atoms with van der Waals surface area (Å²) >= 11 is 0. The first-order chi connectivity index (χ1) is 17.5. The van der Waals surface area contributed by atoms with Crippen LogP contribution in [0.25, 0.3) is 33.2 Å². The zero-order valence-corrected chi connectivity index (χ0v) is 20.4. The summed E-state index contributed by atoms with van der Waals surface area (Å²) in [7, 11) is -0.946. The maximum Gasteiger partial charge on any atom is 0.262 e. The third-order valence-corrected chi connectivity index (χ3v) is 7.10. The lowest BCUT2D eigenvalue weighted by Crippen LogP contribution is -2.13. The van der Waals surface area contributed by atoms with Crippen LogP contribution in [-0.2, 0) is 10.0 Å². The van der Waals surface area contributed by atoms with E-state index in [-0.39, 0.29) is 4.90 Å². The van der Waals surface area contributed by atoms with Crippen LogP contribution in [-0.4, -0.2) is 37.6 Å². The molecule has 5 aromatic rings. The molecule has 0 fully saturated rings. The molecule has 0 amide bonds. The standard InChI is InChI=1S/C27H22N4O4S/c1-34-26-6-4-22(15-27(26)35-2)36(32,33)31-21-13-20(16-29-17-21)19-3-5-25-24(14-19)23(9-12-30-25)18-7-10-28-11-8-18/h3-17,31H,1-2H3. The highest BCUT2D eigenvalue weighted by Crippen LogP contribution is 2.33. The highest BCUT2D eigenvalue weighted by atomic mass is 32.2. The molecule has 0 spiro atoms. The summed E-state index contributed by atoms with van der Waals surface area (Å²) in [6.45, 7) is 0. The monoisotopic (exact) mass is 498 g/mol. The summed E-state index contributed by atoms with van der Waals surface area (Å²) in [5, 5.41) is 0.970. The third-order valence-electron chi connectivity index (χ3n) is 5.72. The normalized spacial score (nSPS) is 11.3. The van der Waals surface area contributed by atoms with Crippen molar-refractivity contribution < 1.29 is 17.9 Å². The molecule has 8 nitrogen and oxygen atoms in total. The molecule has 180 valence electrons. The smallest absolute Gasteiger partial charge is 0.262 e. The molecule has 0 aliphatic heterocycles. The van der Waals surface area contributed by atoms with E-state index in [0.717, 1.165) is 33.2 Å². The van der Waals surface area contributed by atoms with Gasteiger partial charge in [0.15, 0.2) is 11.5 Å². The van der Waals surface area contributed by atoms with E-state index in [1.54, 1.807) is 36.9 Å². The summed E-state index contributed by atoms with van der Waals surface area (Å²) in [5.74, 6) is 0.763. The molecule has 3 heterocycles. The lowest BCUT2D eigenvalue weighted by molar-refractivity contribution is 0.354. The quantitative estimate of drug-likeness (QED) is 0.330. The van der Waals surface area contributed by atoms with E-state index in [0.29, 0.717) is 17.2 Å². The van der Waals surface area contributed by atoms with Gasteiger partial charge in [-0.15, -0.1) is 0 Å². The molecular formula is C27H22N4O4S. The van der Waals surface area contributed by atoms with Gasteiger partial charge in [0.25, 0.3) is 10.0 Å². The van der Waals surface area contributed by atoms with Gasteiger partial charge in [0.05, 0.1) is 36.5 Å². The van der Waals surface area contributed by atoms with Gasteiger partial charge >= 0.3 is 0 Å². The molecule has 0 unspecified atom stereocenters. The molecular weight excluding hydrogens is 476 g/mol. The number of hydrogen-bond acceptors (Lipinski definition) is 7. The Bertz CT molecular complexity index is 1660. The zero-order chi connectivity index (χ0) is 25.1. The van der Waals surface area contributed by atoms with Crippen LogP contribution in [0.2, 0.25) is 0 Å². The van der Waals surface area contributed by atoms with Gasteiger partial charge in [-0.3, -0.25) is 19.7 Å². The summed E-state index contributed by atoms with van der Waals surface area (Å²) in [5.41, 5.74) is 4.89. The van der Waals surface area contributed by atoms with Gasteiger partial charge in [-0.05, 0) is 65.2 Å². The molecule has 0 saturated heterocycles. The zero-order valence-electron chi connectivity index (χ0n) is 19.5. The number of ether oxygens (including phenoxy) is 2. The number of aromatic nitrogens is 3. The minimum absolute atomic E-state index is 0.0457. The number of sulfonamides is 1. The second-order valence-corrected chi connectivity index (χ2v) is 9.59. The molecule has 1 N–H and O–H groups in total. The first-order valence-electron chi connectivity index (χ1n) is 11.0. The maximum absolute atomic E-state index is 13.0. The van der Waals surface area contributed by atoms with Gasteiger partial charge in [-0.25, -0.2) is 8.42 Å². The van der Waals surface area contributed by atoms with Crippen LogP contribution >= 0.6 is 0 Å². The van der Waals surface area contributed by atoms with E-state index < -0.39 is 10.0 Å². The van der Waals surface area contributed by atoms with E-state index in [1.165, 1.54) is 32.5 Å². The summed E-state index contributed by atoms with van der Waals surface area (Å²) in [6.07, 6.45) is 8.44. The van der Waals surface area contributed by atoms with Gasteiger partial charge < -0.3 is 9.47 Å². The highest BCUT2D eigenvalue weighted by Gasteiger charge is 2.18. The molecule has 0 aliphatic carbocycles. The van der Waals surface area contributed by atoms with Gasteiger partial charge in [0.2, 0.25) is 0 Å². The van der Waals surface area contributed by atoms with Gasteiger partial charge in [-0.1, -0.05) is 6.07 Å². The number of methoxy groups -OCH3 is 2. The van der Waals surface area contributed by atoms with Crippen molar-refractivity contribution in [1.29, 1.82) is 0 Å². The Morgan fingerprint density at radius 2 is 1.53 bits per heavy atom. The van der Waals surface area contributed by atoms with Crippen LogP contribution in [0.5, 0.6) is 11.5 Å². The van der Waals surface area contributed by atoms with E-state index in [1.807, 2.05) is 36.4 Å². The molecule has 0 radical (unpaired) electrons. The maximum atomic E-state index is 13.0. The number of nitrogens with zero attached hydrogens (tertiary/aromatic N) is 3. The average molecular weight is 499 g/mol. The number of benzene rings is 2. The Hall–Kier alpha value is -4.50. The number of fused-ring (bicyclic) bond motifs is 1. The first-order valence-corrected chi connectivity index (χ1v) is 12.5. The van der Waals surface area contributed by atoms with Crippen molar-refractivity contribution in [3.8, 4) is 33.8 Å². The topological polar surface area (TPSA) is 103 Å². The molecule has 0 bridgehead atoms. The highest BCUT2D eigenvalue weighted by molar-refractivity contribution is 7.92. The largest absolute Gasteiger partial charge is 0.493 e. The molecule has 3 aromatic heterocycles. The van der Waals surface area contributed by atoms with E-state index >= 15 is 0 Å². The molecule has 2 aromatic carbocycles. The third kappa shape index (κ3) is 4.56. The molecule has 36 heavy (non-hydrogen) atoms. The van der Waals surface area contributed by atoms with Gasteiger partial charge in [0.1, 0.15) is 0 Å². The molecule has 9 heteroatoms. The fraction of sp³-hybridized carbons (Fsp3) is 0.0741. The predicted octanol–water partition coefficient (Wildman–Crippen LogP) is 5.18. The Kier molecular flexibility index (Phi) is 6.22. The van der Waals surface area contributed by atoms with E-state index in [4.69, 9.17) is 9.47 Å². The Balaban J connectivity index is 1.50. The molecule has 0 aliphatic rings. The fourth-order valence-corrected chi connectivity index (χ4v) is 5.01.